The van der Waals surface area contributed by atoms with E-state index in [1.807, 2.05) is 0 Å². The molecule has 0 aliphatic rings. The minimum absolute atomic E-state index is 0.00405. The molecule has 2 aromatic carbocycles. The fourth-order valence-corrected chi connectivity index (χ4v) is 3.04. The molecule has 112 valence electrons. The lowest BCUT2D eigenvalue weighted by atomic mass is 9.93. The fraction of sp³-hybridized carbons (Fsp3) is 0.333. The lowest BCUT2D eigenvalue weighted by Crippen LogP contribution is -2.24. The molecule has 1 unspecified atom stereocenters. The minimum Gasteiger partial charge on any atom is -0.306 e. The van der Waals surface area contributed by atoms with Crippen LogP contribution in [0, 0.1) is 19.7 Å². The highest BCUT2D eigenvalue weighted by atomic mass is 79.9. The normalized spacial score (nSPS) is 12.4. The van der Waals surface area contributed by atoms with Gasteiger partial charge in [-0.2, -0.15) is 0 Å². The molecule has 0 aliphatic carbocycles. The Kier molecular flexibility index (Phi) is 5.54. The Morgan fingerprint density at radius 2 is 1.86 bits per heavy atom. The zero-order valence-electron chi connectivity index (χ0n) is 12.7. The molecule has 0 amide bonds. The van der Waals surface area contributed by atoms with Gasteiger partial charge in [-0.05, 0) is 61.7 Å². The van der Waals surface area contributed by atoms with Gasteiger partial charge in [-0.15, -0.1) is 0 Å². The van der Waals surface area contributed by atoms with Crippen LogP contribution in [0.15, 0.2) is 40.9 Å². The molecule has 0 radical (unpaired) electrons. The van der Waals surface area contributed by atoms with Gasteiger partial charge in [0.15, 0.2) is 0 Å². The van der Waals surface area contributed by atoms with Gasteiger partial charge >= 0.3 is 0 Å². The van der Waals surface area contributed by atoms with E-state index in [4.69, 9.17) is 0 Å². The Labute approximate surface area is 134 Å². The lowest BCUT2D eigenvalue weighted by Gasteiger charge is -2.23. The molecule has 0 heterocycles. The molecule has 1 nitrogen and oxygen atoms in total. The maximum Gasteiger partial charge on any atom is 0.123 e. The molecule has 0 spiro atoms. The van der Waals surface area contributed by atoms with Gasteiger partial charge in [0.1, 0.15) is 5.82 Å². The van der Waals surface area contributed by atoms with E-state index < -0.39 is 0 Å². The molecule has 0 aromatic heterocycles. The van der Waals surface area contributed by atoms with Crippen LogP contribution in [0.5, 0.6) is 0 Å². The van der Waals surface area contributed by atoms with E-state index in [0.29, 0.717) is 0 Å². The van der Waals surface area contributed by atoms with Crippen LogP contribution in [0.4, 0.5) is 4.39 Å². The largest absolute Gasteiger partial charge is 0.306 e. The maximum absolute atomic E-state index is 13.7. The van der Waals surface area contributed by atoms with Gasteiger partial charge in [-0.1, -0.05) is 46.6 Å². The third kappa shape index (κ3) is 3.92. The van der Waals surface area contributed by atoms with Gasteiger partial charge in [-0.3, -0.25) is 0 Å². The van der Waals surface area contributed by atoms with Gasteiger partial charge in [0, 0.05) is 4.47 Å². The highest BCUT2D eigenvalue weighted by Gasteiger charge is 2.18. The van der Waals surface area contributed by atoms with Crippen LogP contribution in [-0.2, 0) is 0 Å². The monoisotopic (exact) mass is 349 g/mol. The molecular weight excluding hydrogens is 329 g/mol. The Morgan fingerprint density at radius 3 is 2.52 bits per heavy atom. The Hall–Kier alpha value is -1.19. The SMILES string of the molecule is CCCNC(c1ccc(C)cc1C)c1cc(F)ccc1Br. The topological polar surface area (TPSA) is 12.0 Å². The number of aryl methyl sites for hydroxylation is 2. The number of hydrogen-bond acceptors (Lipinski definition) is 1. The van der Waals surface area contributed by atoms with E-state index in [-0.39, 0.29) is 11.9 Å². The Bertz CT molecular complexity index is 625. The summed E-state index contributed by atoms with van der Waals surface area (Å²) in [6.45, 7) is 7.22. The minimum atomic E-state index is -0.207. The second kappa shape index (κ2) is 7.19. The van der Waals surface area contributed by atoms with Crippen LogP contribution in [0.25, 0.3) is 0 Å². The van der Waals surface area contributed by atoms with E-state index in [1.165, 1.54) is 22.8 Å². The van der Waals surface area contributed by atoms with E-state index in [9.17, 15) is 4.39 Å². The first-order valence-corrected chi connectivity index (χ1v) is 8.07. The number of rotatable bonds is 5. The van der Waals surface area contributed by atoms with Gasteiger partial charge in [0.05, 0.1) is 6.04 Å². The molecule has 2 aromatic rings. The van der Waals surface area contributed by atoms with Gasteiger partial charge in [-0.25, -0.2) is 4.39 Å². The van der Waals surface area contributed by atoms with Crippen LogP contribution in [0.2, 0.25) is 0 Å². The molecular formula is C18H21BrFN. The molecule has 0 fully saturated rings. The highest BCUT2D eigenvalue weighted by Crippen LogP contribution is 2.31. The maximum atomic E-state index is 13.7. The summed E-state index contributed by atoms with van der Waals surface area (Å²) in [5.41, 5.74) is 4.60. The lowest BCUT2D eigenvalue weighted by molar-refractivity contribution is 0.582. The molecule has 0 bridgehead atoms. The van der Waals surface area contributed by atoms with Crippen molar-refractivity contribution in [3.05, 3.63) is 68.9 Å². The van der Waals surface area contributed by atoms with E-state index in [2.05, 4.69) is 60.2 Å². The zero-order valence-corrected chi connectivity index (χ0v) is 14.3. The number of halogens is 2. The molecule has 3 heteroatoms. The van der Waals surface area contributed by atoms with Crippen molar-refractivity contribution in [2.45, 2.75) is 33.2 Å². The summed E-state index contributed by atoms with van der Waals surface area (Å²) in [4.78, 5) is 0. The van der Waals surface area contributed by atoms with Crippen molar-refractivity contribution in [3.8, 4) is 0 Å². The summed E-state index contributed by atoms with van der Waals surface area (Å²) in [6.07, 6.45) is 1.04. The smallest absolute Gasteiger partial charge is 0.123 e. The number of nitrogens with one attached hydrogen (secondary N) is 1. The van der Waals surface area contributed by atoms with Crippen molar-refractivity contribution in [1.82, 2.24) is 5.32 Å². The summed E-state index contributed by atoms with van der Waals surface area (Å²) in [5, 5.41) is 3.53. The van der Waals surface area contributed by atoms with Gasteiger partial charge in [0.25, 0.3) is 0 Å². The van der Waals surface area contributed by atoms with Gasteiger partial charge < -0.3 is 5.32 Å². The molecule has 0 saturated heterocycles. The zero-order chi connectivity index (χ0) is 15.4. The molecule has 21 heavy (non-hydrogen) atoms. The first-order chi connectivity index (χ1) is 10.0. The van der Waals surface area contributed by atoms with Crippen molar-refractivity contribution in [2.24, 2.45) is 0 Å². The molecule has 1 atom stereocenters. The Balaban J connectivity index is 2.49. The second-order valence-corrected chi connectivity index (χ2v) is 6.27. The van der Waals surface area contributed by atoms with Crippen LogP contribution in [-0.4, -0.2) is 6.54 Å². The summed E-state index contributed by atoms with van der Waals surface area (Å²) in [7, 11) is 0. The third-order valence-electron chi connectivity index (χ3n) is 3.60. The molecule has 2 rings (SSSR count). The van der Waals surface area contributed by atoms with Crippen molar-refractivity contribution >= 4 is 15.9 Å². The Morgan fingerprint density at radius 1 is 1.10 bits per heavy atom. The summed E-state index contributed by atoms with van der Waals surface area (Å²) >= 11 is 3.55. The molecule has 0 saturated carbocycles. The van der Waals surface area contributed by atoms with Crippen LogP contribution < -0.4 is 5.32 Å². The second-order valence-electron chi connectivity index (χ2n) is 5.41. The van der Waals surface area contributed by atoms with Crippen LogP contribution in [0.1, 0.15) is 41.6 Å². The number of hydrogen-bond donors (Lipinski definition) is 1. The molecule has 0 aliphatic heterocycles. The van der Waals surface area contributed by atoms with Crippen LogP contribution >= 0.6 is 15.9 Å². The fourth-order valence-electron chi connectivity index (χ4n) is 2.56. The van der Waals surface area contributed by atoms with Crippen molar-refractivity contribution < 1.29 is 4.39 Å². The number of benzene rings is 2. The average molecular weight is 350 g/mol. The van der Waals surface area contributed by atoms with Crippen molar-refractivity contribution in [3.63, 3.8) is 0 Å². The highest BCUT2D eigenvalue weighted by molar-refractivity contribution is 9.10. The quantitative estimate of drug-likeness (QED) is 0.772. The predicted octanol–water partition coefficient (Wildman–Crippen LogP) is 5.29. The van der Waals surface area contributed by atoms with Crippen molar-refractivity contribution in [2.75, 3.05) is 6.54 Å². The van der Waals surface area contributed by atoms with E-state index >= 15 is 0 Å². The predicted molar refractivity (Wildman–Crippen MR) is 90.2 cm³/mol. The summed E-state index contributed by atoms with van der Waals surface area (Å²) < 4.78 is 14.6. The van der Waals surface area contributed by atoms with Gasteiger partial charge in [0.2, 0.25) is 0 Å². The van der Waals surface area contributed by atoms with E-state index in [1.54, 1.807) is 12.1 Å². The third-order valence-corrected chi connectivity index (χ3v) is 4.33. The van der Waals surface area contributed by atoms with Crippen molar-refractivity contribution in [1.29, 1.82) is 0 Å². The first kappa shape index (κ1) is 16.2. The summed E-state index contributed by atoms with van der Waals surface area (Å²) in [5.74, 6) is -0.207. The first-order valence-electron chi connectivity index (χ1n) is 7.28. The average Bonchev–Trinajstić information content (AvgIpc) is 2.44. The summed E-state index contributed by atoms with van der Waals surface area (Å²) in [6, 6.07) is 11.3. The van der Waals surface area contributed by atoms with E-state index in [0.717, 1.165) is 23.0 Å². The molecule has 1 N–H and O–H groups in total. The standard InChI is InChI=1S/C18H21BrFN/c1-4-9-21-18(15-7-5-12(2)10-13(15)3)16-11-14(20)6-8-17(16)19/h5-8,10-11,18,21H,4,9H2,1-3H3. The van der Waals surface area contributed by atoms with Crippen LogP contribution in [0.3, 0.4) is 0 Å².